The standard InChI is InChI=1S/C34H24O3/c1-35-26-17-18-29-31(22-26)36-33(25-13-6-3-7-14-25)32(24-11-4-2-5-12-24)34(29)21-20-28-27-15-9-8-10-23(27)16-19-30(28)37-34/h2-22H,1H3. The predicted octanol–water partition coefficient (Wildman–Crippen LogP) is 8.11. The lowest BCUT2D eigenvalue weighted by Gasteiger charge is -2.42. The van der Waals surface area contributed by atoms with Gasteiger partial charge < -0.3 is 14.2 Å². The lowest BCUT2D eigenvalue weighted by Crippen LogP contribution is -2.38. The quantitative estimate of drug-likeness (QED) is 0.261. The fraction of sp³-hybridized carbons (Fsp3) is 0.0588. The molecule has 3 nitrogen and oxygen atoms in total. The van der Waals surface area contributed by atoms with Gasteiger partial charge in [0.05, 0.1) is 12.7 Å². The highest BCUT2D eigenvalue weighted by Crippen LogP contribution is 2.55. The van der Waals surface area contributed by atoms with Crippen LogP contribution in [0, 0.1) is 0 Å². The van der Waals surface area contributed by atoms with Crippen molar-refractivity contribution in [3.8, 4) is 17.2 Å². The van der Waals surface area contributed by atoms with Gasteiger partial charge in [0.25, 0.3) is 0 Å². The smallest absolute Gasteiger partial charge is 0.185 e. The lowest BCUT2D eigenvalue weighted by atomic mass is 9.76. The van der Waals surface area contributed by atoms with Crippen LogP contribution < -0.4 is 14.2 Å². The summed E-state index contributed by atoms with van der Waals surface area (Å²) in [5.41, 5.74) is 4.10. The molecule has 5 aromatic carbocycles. The van der Waals surface area contributed by atoms with Crippen LogP contribution in [0.1, 0.15) is 22.3 Å². The van der Waals surface area contributed by atoms with Crippen LogP contribution in [-0.2, 0) is 5.60 Å². The first kappa shape index (κ1) is 21.5. The minimum Gasteiger partial charge on any atom is -0.497 e. The maximum absolute atomic E-state index is 7.12. The van der Waals surface area contributed by atoms with Crippen LogP contribution >= 0.6 is 0 Å². The van der Waals surface area contributed by atoms with E-state index in [1.54, 1.807) is 7.11 Å². The number of methoxy groups -OCH3 is 1. The van der Waals surface area contributed by atoms with E-state index in [2.05, 4.69) is 91.0 Å². The number of ether oxygens (including phenoxy) is 3. The summed E-state index contributed by atoms with van der Waals surface area (Å²) in [7, 11) is 1.67. The van der Waals surface area contributed by atoms with Crippen molar-refractivity contribution in [2.24, 2.45) is 0 Å². The number of rotatable bonds is 3. The van der Waals surface area contributed by atoms with Crippen molar-refractivity contribution in [1.29, 1.82) is 0 Å². The van der Waals surface area contributed by atoms with Gasteiger partial charge in [-0.3, -0.25) is 0 Å². The normalized spacial score (nSPS) is 17.6. The third-order valence-corrected chi connectivity index (χ3v) is 7.18. The van der Waals surface area contributed by atoms with Crippen LogP contribution in [-0.4, -0.2) is 7.11 Å². The molecule has 5 aromatic rings. The van der Waals surface area contributed by atoms with Crippen LogP contribution in [0.4, 0.5) is 0 Å². The molecule has 1 atom stereocenters. The highest BCUT2D eigenvalue weighted by Gasteiger charge is 2.47. The average molecular weight is 481 g/mol. The van der Waals surface area contributed by atoms with E-state index in [4.69, 9.17) is 14.2 Å². The van der Waals surface area contributed by atoms with Gasteiger partial charge in [0, 0.05) is 22.8 Å². The van der Waals surface area contributed by atoms with E-state index in [1.165, 1.54) is 10.8 Å². The Labute approximate surface area is 215 Å². The first-order chi connectivity index (χ1) is 18.3. The van der Waals surface area contributed by atoms with Crippen molar-refractivity contribution in [3.05, 3.63) is 144 Å². The summed E-state index contributed by atoms with van der Waals surface area (Å²) in [5, 5.41) is 2.35. The zero-order chi connectivity index (χ0) is 24.8. The second-order valence-electron chi connectivity index (χ2n) is 9.27. The van der Waals surface area contributed by atoms with Crippen molar-refractivity contribution < 1.29 is 14.2 Å². The number of hydrogen-bond donors (Lipinski definition) is 0. The molecule has 2 aliphatic rings. The second-order valence-corrected chi connectivity index (χ2v) is 9.27. The molecular weight excluding hydrogens is 456 g/mol. The van der Waals surface area contributed by atoms with Gasteiger partial charge in [-0.25, -0.2) is 0 Å². The predicted molar refractivity (Wildman–Crippen MR) is 149 cm³/mol. The van der Waals surface area contributed by atoms with E-state index < -0.39 is 5.60 Å². The summed E-state index contributed by atoms with van der Waals surface area (Å²) < 4.78 is 19.4. The van der Waals surface area contributed by atoms with E-state index in [0.29, 0.717) is 5.75 Å². The Bertz CT molecular complexity index is 1700. The molecule has 7 rings (SSSR count). The first-order valence-corrected chi connectivity index (χ1v) is 12.4. The summed E-state index contributed by atoms with van der Waals surface area (Å²) in [6.45, 7) is 0. The van der Waals surface area contributed by atoms with Crippen LogP contribution in [0.25, 0.3) is 28.2 Å². The molecule has 37 heavy (non-hydrogen) atoms. The fourth-order valence-electron chi connectivity index (χ4n) is 5.45. The Morgan fingerprint density at radius 3 is 2.19 bits per heavy atom. The van der Waals surface area contributed by atoms with E-state index in [9.17, 15) is 0 Å². The maximum atomic E-state index is 7.12. The van der Waals surface area contributed by atoms with Gasteiger partial charge in [-0.05, 0) is 46.7 Å². The highest BCUT2D eigenvalue weighted by atomic mass is 16.5. The minimum absolute atomic E-state index is 0.715. The molecule has 0 N–H and O–H groups in total. The van der Waals surface area contributed by atoms with Gasteiger partial charge in [-0.1, -0.05) is 91.0 Å². The van der Waals surface area contributed by atoms with Gasteiger partial charge in [0.2, 0.25) is 0 Å². The van der Waals surface area contributed by atoms with Gasteiger partial charge in [-0.2, -0.15) is 0 Å². The molecule has 0 aliphatic carbocycles. The molecule has 178 valence electrons. The van der Waals surface area contributed by atoms with E-state index in [0.717, 1.165) is 45.1 Å². The first-order valence-electron chi connectivity index (χ1n) is 12.4. The van der Waals surface area contributed by atoms with Gasteiger partial charge >= 0.3 is 0 Å². The Morgan fingerprint density at radius 2 is 1.41 bits per heavy atom. The fourth-order valence-corrected chi connectivity index (χ4v) is 5.45. The molecule has 1 unspecified atom stereocenters. The monoisotopic (exact) mass is 480 g/mol. The summed E-state index contributed by atoms with van der Waals surface area (Å²) in [4.78, 5) is 0. The largest absolute Gasteiger partial charge is 0.497 e. The molecule has 0 saturated heterocycles. The molecule has 2 aliphatic heterocycles. The SMILES string of the molecule is COc1ccc2c(c1)OC(c1ccccc1)=C(c1ccccc1)C21C=Cc2c(ccc3ccccc23)O1. The number of hydrogen-bond acceptors (Lipinski definition) is 3. The van der Waals surface area contributed by atoms with E-state index >= 15 is 0 Å². The zero-order valence-corrected chi connectivity index (χ0v) is 20.3. The lowest BCUT2D eigenvalue weighted by molar-refractivity contribution is 0.171. The number of fused-ring (bicyclic) bond motifs is 5. The molecule has 1 spiro atoms. The molecule has 0 radical (unpaired) electrons. The summed E-state index contributed by atoms with van der Waals surface area (Å²) in [6.07, 6.45) is 4.38. The summed E-state index contributed by atoms with van der Waals surface area (Å²) >= 11 is 0. The Kier molecular flexibility index (Phi) is 4.90. The molecule has 0 bridgehead atoms. The van der Waals surface area contributed by atoms with Gasteiger partial charge in [0.1, 0.15) is 23.0 Å². The minimum atomic E-state index is -0.901. The van der Waals surface area contributed by atoms with Crippen molar-refractivity contribution in [2.75, 3.05) is 7.11 Å². The zero-order valence-electron chi connectivity index (χ0n) is 20.3. The average Bonchev–Trinajstić information content (AvgIpc) is 2.97. The van der Waals surface area contributed by atoms with Crippen LogP contribution in [0.3, 0.4) is 0 Å². The molecule has 0 amide bonds. The van der Waals surface area contributed by atoms with Crippen molar-refractivity contribution >= 4 is 28.2 Å². The maximum Gasteiger partial charge on any atom is 0.185 e. The Hall–Kier alpha value is -4.76. The van der Waals surface area contributed by atoms with Gasteiger partial charge in [-0.15, -0.1) is 0 Å². The van der Waals surface area contributed by atoms with Crippen LogP contribution in [0.5, 0.6) is 17.2 Å². The molecular formula is C34H24O3. The number of benzene rings is 5. The third kappa shape index (κ3) is 3.35. The molecule has 3 heteroatoms. The topological polar surface area (TPSA) is 27.7 Å². The molecule has 0 aromatic heterocycles. The van der Waals surface area contributed by atoms with Crippen LogP contribution in [0.2, 0.25) is 0 Å². The van der Waals surface area contributed by atoms with Crippen molar-refractivity contribution in [2.45, 2.75) is 5.60 Å². The van der Waals surface area contributed by atoms with Crippen molar-refractivity contribution in [3.63, 3.8) is 0 Å². The third-order valence-electron chi connectivity index (χ3n) is 7.18. The van der Waals surface area contributed by atoms with Gasteiger partial charge in [0.15, 0.2) is 5.60 Å². The van der Waals surface area contributed by atoms with E-state index in [-0.39, 0.29) is 0 Å². The molecule has 0 saturated carbocycles. The molecule has 0 fully saturated rings. The highest BCUT2D eigenvalue weighted by molar-refractivity contribution is 6.00. The Balaban J connectivity index is 1.55. The van der Waals surface area contributed by atoms with Crippen molar-refractivity contribution in [1.82, 2.24) is 0 Å². The Morgan fingerprint density at radius 1 is 0.676 bits per heavy atom. The molecule has 2 heterocycles. The van der Waals surface area contributed by atoms with E-state index in [1.807, 2.05) is 36.4 Å². The van der Waals surface area contributed by atoms with Crippen LogP contribution in [0.15, 0.2) is 121 Å². The second kappa shape index (κ2) is 8.42. The summed E-state index contributed by atoms with van der Waals surface area (Å²) in [6, 6.07) is 39.1. The summed E-state index contributed by atoms with van der Waals surface area (Å²) in [5.74, 6) is 3.05.